The van der Waals surface area contributed by atoms with Gasteiger partial charge in [0.05, 0.1) is 12.0 Å². The monoisotopic (exact) mass is 236 g/mol. The van der Waals surface area contributed by atoms with E-state index in [-0.39, 0.29) is 6.04 Å². The molecule has 0 aliphatic rings. The topological polar surface area (TPSA) is 52.0 Å². The number of thiazole rings is 1. The summed E-state index contributed by atoms with van der Waals surface area (Å²) in [5, 5.41) is 2.94. The molecule has 16 heavy (non-hydrogen) atoms. The lowest BCUT2D eigenvalue weighted by molar-refractivity contribution is 0.577. The number of nitrogens with two attached hydrogens (primary N) is 1. The number of nitrogens with zero attached hydrogens (tertiary/aromatic N) is 1. The molecule has 1 atom stereocenters. The van der Waals surface area contributed by atoms with Crippen molar-refractivity contribution in [3.63, 3.8) is 0 Å². The standard InChI is InChI=1S/C12H16N2OS/c1-2-3-5-9(13)10-8-16-12(14-10)11-6-4-7-15-11/h4,6-9H,2-3,5,13H2,1H3. The molecule has 0 radical (unpaired) electrons. The van der Waals surface area contributed by atoms with Crippen LogP contribution in [0.15, 0.2) is 28.2 Å². The van der Waals surface area contributed by atoms with Gasteiger partial charge in [0.1, 0.15) is 0 Å². The maximum absolute atomic E-state index is 6.06. The summed E-state index contributed by atoms with van der Waals surface area (Å²) < 4.78 is 5.30. The molecule has 2 aromatic heterocycles. The Kier molecular flexibility index (Phi) is 3.74. The second kappa shape index (κ2) is 5.27. The van der Waals surface area contributed by atoms with Gasteiger partial charge in [-0.05, 0) is 18.6 Å². The first-order chi connectivity index (χ1) is 7.81. The van der Waals surface area contributed by atoms with Crippen molar-refractivity contribution in [3.8, 4) is 10.8 Å². The maximum atomic E-state index is 6.06. The Hall–Kier alpha value is -1.13. The Morgan fingerprint density at radius 3 is 3.12 bits per heavy atom. The molecule has 0 aliphatic heterocycles. The molecule has 0 aliphatic carbocycles. The molecular formula is C12H16N2OS. The average molecular weight is 236 g/mol. The first-order valence-electron chi connectivity index (χ1n) is 5.56. The number of hydrogen-bond donors (Lipinski definition) is 1. The molecule has 2 heterocycles. The van der Waals surface area contributed by atoms with Crippen molar-refractivity contribution in [3.05, 3.63) is 29.5 Å². The lowest BCUT2D eigenvalue weighted by Crippen LogP contribution is -2.10. The van der Waals surface area contributed by atoms with Gasteiger partial charge in [-0.1, -0.05) is 19.8 Å². The Labute approximate surface area is 99.3 Å². The second-order valence-corrected chi connectivity index (χ2v) is 4.66. The fourth-order valence-electron chi connectivity index (χ4n) is 1.54. The van der Waals surface area contributed by atoms with E-state index in [1.54, 1.807) is 17.6 Å². The number of unbranched alkanes of at least 4 members (excludes halogenated alkanes) is 1. The molecule has 0 aromatic carbocycles. The van der Waals surface area contributed by atoms with E-state index in [4.69, 9.17) is 10.2 Å². The molecule has 1 unspecified atom stereocenters. The summed E-state index contributed by atoms with van der Waals surface area (Å²) in [7, 11) is 0. The smallest absolute Gasteiger partial charge is 0.162 e. The van der Waals surface area contributed by atoms with Crippen LogP contribution in [0.5, 0.6) is 0 Å². The predicted octanol–water partition coefficient (Wildman–Crippen LogP) is 3.59. The summed E-state index contributed by atoms with van der Waals surface area (Å²) in [4.78, 5) is 4.51. The van der Waals surface area contributed by atoms with Crippen LogP contribution >= 0.6 is 11.3 Å². The van der Waals surface area contributed by atoms with Gasteiger partial charge >= 0.3 is 0 Å². The van der Waals surface area contributed by atoms with Crippen molar-refractivity contribution in [2.24, 2.45) is 5.73 Å². The van der Waals surface area contributed by atoms with E-state index in [1.165, 1.54) is 6.42 Å². The van der Waals surface area contributed by atoms with Gasteiger partial charge in [-0.25, -0.2) is 4.98 Å². The molecule has 2 rings (SSSR count). The predicted molar refractivity (Wildman–Crippen MR) is 66.3 cm³/mol. The van der Waals surface area contributed by atoms with E-state index in [2.05, 4.69) is 11.9 Å². The molecule has 0 spiro atoms. The molecule has 4 heteroatoms. The van der Waals surface area contributed by atoms with Crippen molar-refractivity contribution in [2.45, 2.75) is 32.2 Å². The van der Waals surface area contributed by atoms with E-state index in [1.807, 2.05) is 17.5 Å². The van der Waals surface area contributed by atoms with Gasteiger partial charge < -0.3 is 10.2 Å². The highest BCUT2D eigenvalue weighted by atomic mass is 32.1. The zero-order chi connectivity index (χ0) is 11.4. The van der Waals surface area contributed by atoms with Crippen molar-refractivity contribution < 1.29 is 4.42 Å². The molecule has 0 saturated carbocycles. The number of furan rings is 1. The first-order valence-corrected chi connectivity index (χ1v) is 6.44. The normalized spacial score (nSPS) is 12.9. The largest absolute Gasteiger partial charge is 0.462 e. The fourth-order valence-corrected chi connectivity index (χ4v) is 2.39. The number of hydrogen-bond acceptors (Lipinski definition) is 4. The first kappa shape index (κ1) is 11.4. The van der Waals surface area contributed by atoms with Crippen LogP contribution in [0.4, 0.5) is 0 Å². The molecule has 2 N–H and O–H groups in total. The molecule has 0 bridgehead atoms. The van der Waals surface area contributed by atoms with Crippen LogP contribution in [0.1, 0.15) is 37.9 Å². The van der Waals surface area contributed by atoms with Gasteiger partial charge in [-0.3, -0.25) is 0 Å². The summed E-state index contributed by atoms with van der Waals surface area (Å²) in [5.41, 5.74) is 7.04. The van der Waals surface area contributed by atoms with Crippen LogP contribution in [-0.2, 0) is 0 Å². The third kappa shape index (κ3) is 2.51. The maximum Gasteiger partial charge on any atom is 0.162 e. The van der Waals surface area contributed by atoms with Gasteiger partial charge in [-0.15, -0.1) is 11.3 Å². The van der Waals surface area contributed by atoms with Crippen molar-refractivity contribution in [2.75, 3.05) is 0 Å². The number of rotatable bonds is 5. The highest BCUT2D eigenvalue weighted by Crippen LogP contribution is 2.27. The summed E-state index contributed by atoms with van der Waals surface area (Å²) in [6.45, 7) is 2.17. The Balaban J connectivity index is 2.07. The fraction of sp³-hybridized carbons (Fsp3) is 0.417. The van der Waals surface area contributed by atoms with E-state index < -0.39 is 0 Å². The molecule has 0 saturated heterocycles. The SMILES string of the molecule is CCCCC(N)c1csc(-c2ccco2)n1. The molecule has 0 fully saturated rings. The van der Waals surface area contributed by atoms with Crippen LogP contribution in [0, 0.1) is 0 Å². The van der Waals surface area contributed by atoms with Crippen LogP contribution < -0.4 is 5.73 Å². The average Bonchev–Trinajstić information content (AvgIpc) is 2.94. The lowest BCUT2D eigenvalue weighted by Gasteiger charge is -2.06. The van der Waals surface area contributed by atoms with Gasteiger partial charge in [-0.2, -0.15) is 0 Å². The van der Waals surface area contributed by atoms with Crippen molar-refractivity contribution >= 4 is 11.3 Å². The minimum absolute atomic E-state index is 0.0555. The molecule has 86 valence electrons. The van der Waals surface area contributed by atoms with Crippen LogP contribution in [0.25, 0.3) is 10.8 Å². The highest BCUT2D eigenvalue weighted by Gasteiger charge is 2.12. The minimum atomic E-state index is 0.0555. The summed E-state index contributed by atoms with van der Waals surface area (Å²) >= 11 is 1.58. The van der Waals surface area contributed by atoms with Crippen molar-refractivity contribution in [1.29, 1.82) is 0 Å². The van der Waals surface area contributed by atoms with Gasteiger partial charge in [0, 0.05) is 11.4 Å². The molecule has 3 nitrogen and oxygen atoms in total. The lowest BCUT2D eigenvalue weighted by atomic mass is 10.1. The van der Waals surface area contributed by atoms with Gasteiger partial charge in [0.15, 0.2) is 10.8 Å². The summed E-state index contributed by atoms with van der Waals surface area (Å²) in [6.07, 6.45) is 4.98. The Morgan fingerprint density at radius 2 is 2.44 bits per heavy atom. The van der Waals surface area contributed by atoms with E-state index >= 15 is 0 Å². The van der Waals surface area contributed by atoms with E-state index in [9.17, 15) is 0 Å². The zero-order valence-corrected chi connectivity index (χ0v) is 10.2. The quantitative estimate of drug-likeness (QED) is 0.863. The van der Waals surface area contributed by atoms with Crippen LogP contribution in [0.3, 0.4) is 0 Å². The third-order valence-corrected chi connectivity index (χ3v) is 3.38. The van der Waals surface area contributed by atoms with E-state index in [0.29, 0.717) is 0 Å². The summed E-state index contributed by atoms with van der Waals surface area (Å²) in [5.74, 6) is 0.818. The molecular weight excluding hydrogens is 220 g/mol. The van der Waals surface area contributed by atoms with Gasteiger partial charge in [0.25, 0.3) is 0 Å². The molecule has 0 amide bonds. The highest BCUT2D eigenvalue weighted by molar-refractivity contribution is 7.13. The van der Waals surface area contributed by atoms with Crippen LogP contribution in [0.2, 0.25) is 0 Å². The number of aromatic nitrogens is 1. The summed E-state index contributed by atoms with van der Waals surface area (Å²) in [6, 6.07) is 3.84. The third-order valence-electron chi connectivity index (χ3n) is 2.50. The Bertz CT molecular complexity index is 422. The molecule has 2 aromatic rings. The van der Waals surface area contributed by atoms with Crippen molar-refractivity contribution in [1.82, 2.24) is 4.98 Å². The van der Waals surface area contributed by atoms with Crippen LogP contribution in [-0.4, -0.2) is 4.98 Å². The zero-order valence-electron chi connectivity index (χ0n) is 9.35. The van der Waals surface area contributed by atoms with Gasteiger partial charge in [0.2, 0.25) is 0 Å². The Morgan fingerprint density at radius 1 is 1.56 bits per heavy atom. The second-order valence-electron chi connectivity index (χ2n) is 3.80. The minimum Gasteiger partial charge on any atom is -0.462 e. The van der Waals surface area contributed by atoms with E-state index in [0.717, 1.165) is 29.3 Å².